The first-order valence-corrected chi connectivity index (χ1v) is 7.70. The van der Waals surface area contributed by atoms with E-state index in [4.69, 9.17) is 9.47 Å². The fourth-order valence-electron chi connectivity index (χ4n) is 2.12. The van der Waals surface area contributed by atoms with Gasteiger partial charge in [-0.25, -0.2) is 0 Å². The molecule has 2 rings (SSSR count). The molecule has 126 valence electrons. The van der Waals surface area contributed by atoms with Crippen molar-refractivity contribution in [1.82, 2.24) is 10.6 Å². The van der Waals surface area contributed by atoms with E-state index in [2.05, 4.69) is 20.4 Å². The highest BCUT2D eigenvalue weighted by Gasteiger charge is 2.12. The maximum atomic E-state index is 11.1. The zero-order valence-electron chi connectivity index (χ0n) is 13.6. The van der Waals surface area contributed by atoms with E-state index in [9.17, 15) is 4.79 Å². The highest BCUT2D eigenvalue weighted by atomic mass is 16.7. The van der Waals surface area contributed by atoms with Crippen molar-refractivity contribution >= 4 is 11.9 Å². The molecular weight excluding hydrogens is 298 g/mol. The Morgan fingerprint density at radius 1 is 1.30 bits per heavy atom. The van der Waals surface area contributed by atoms with Crippen LogP contribution in [0.5, 0.6) is 11.5 Å². The van der Waals surface area contributed by atoms with Crippen LogP contribution in [0.25, 0.3) is 0 Å². The molecule has 1 aromatic rings. The number of ether oxygens (including phenoxy) is 3. The Hall–Kier alpha value is -2.44. The minimum Gasteiger partial charge on any atom is -0.469 e. The van der Waals surface area contributed by atoms with Gasteiger partial charge >= 0.3 is 5.97 Å². The van der Waals surface area contributed by atoms with Gasteiger partial charge in [0.05, 0.1) is 20.1 Å². The summed E-state index contributed by atoms with van der Waals surface area (Å²) in [7, 11) is 1.38. The van der Waals surface area contributed by atoms with Crippen LogP contribution in [0.3, 0.4) is 0 Å². The lowest BCUT2D eigenvalue weighted by atomic mass is 10.1. The number of methoxy groups -OCH3 is 1. The minimum absolute atomic E-state index is 0.259. The van der Waals surface area contributed by atoms with E-state index in [1.165, 1.54) is 7.11 Å². The number of guanidine groups is 1. The average molecular weight is 321 g/mol. The maximum Gasteiger partial charge on any atom is 0.307 e. The van der Waals surface area contributed by atoms with Gasteiger partial charge in [-0.15, -0.1) is 0 Å². The molecule has 0 amide bonds. The quantitative estimate of drug-likeness (QED) is 0.444. The number of rotatable bonds is 7. The van der Waals surface area contributed by atoms with E-state index in [0.29, 0.717) is 12.5 Å². The fourth-order valence-corrected chi connectivity index (χ4v) is 2.12. The largest absolute Gasteiger partial charge is 0.469 e. The third-order valence-corrected chi connectivity index (χ3v) is 3.30. The third-order valence-electron chi connectivity index (χ3n) is 3.30. The van der Waals surface area contributed by atoms with Crippen molar-refractivity contribution in [2.24, 2.45) is 4.99 Å². The summed E-state index contributed by atoms with van der Waals surface area (Å²) in [6, 6.07) is 5.94. The van der Waals surface area contributed by atoms with Gasteiger partial charge in [-0.1, -0.05) is 6.07 Å². The van der Waals surface area contributed by atoms with Crippen LogP contribution in [-0.4, -0.2) is 45.5 Å². The summed E-state index contributed by atoms with van der Waals surface area (Å²) in [6.07, 6.45) is 1.10. The van der Waals surface area contributed by atoms with Crippen LogP contribution in [0.15, 0.2) is 23.2 Å². The summed E-state index contributed by atoms with van der Waals surface area (Å²) in [5, 5.41) is 6.39. The van der Waals surface area contributed by atoms with Crippen molar-refractivity contribution in [2.75, 3.05) is 33.5 Å². The van der Waals surface area contributed by atoms with Crippen molar-refractivity contribution < 1.29 is 19.0 Å². The van der Waals surface area contributed by atoms with E-state index < -0.39 is 0 Å². The highest BCUT2D eigenvalue weighted by Crippen LogP contribution is 2.32. The van der Waals surface area contributed by atoms with Gasteiger partial charge in [0.15, 0.2) is 17.5 Å². The molecule has 1 aromatic carbocycles. The van der Waals surface area contributed by atoms with Gasteiger partial charge in [-0.2, -0.15) is 0 Å². The second-order valence-electron chi connectivity index (χ2n) is 4.95. The number of hydrogen-bond donors (Lipinski definition) is 2. The number of aliphatic imine (C=N–C) groups is 1. The predicted molar refractivity (Wildman–Crippen MR) is 86.9 cm³/mol. The molecule has 1 heterocycles. The smallest absolute Gasteiger partial charge is 0.307 e. The first-order valence-electron chi connectivity index (χ1n) is 7.70. The van der Waals surface area contributed by atoms with Gasteiger partial charge in [-0.05, 0) is 31.0 Å². The van der Waals surface area contributed by atoms with Crippen LogP contribution >= 0.6 is 0 Å². The summed E-state index contributed by atoms with van der Waals surface area (Å²) < 4.78 is 15.3. The Bertz CT molecular complexity index is 560. The molecule has 0 bridgehead atoms. The number of benzene rings is 1. The van der Waals surface area contributed by atoms with Crippen molar-refractivity contribution in [3.8, 4) is 11.5 Å². The molecule has 0 saturated carbocycles. The topological polar surface area (TPSA) is 81.2 Å². The van der Waals surface area contributed by atoms with Crippen molar-refractivity contribution in [3.63, 3.8) is 0 Å². The Morgan fingerprint density at radius 3 is 2.91 bits per heavy atom. The molecule has 1 aliphatic heterocycles. The van der Waals surface area contributed by atoms with Gasteiger partial charge in [0, 0.05) is 13.1 Å². The number of carbonyl (C=O) groups is 1. The lowest BCUT2D eigenvalue weighted by molar-refractivity contribution is -0.140. The molecule has 23 heavy (non-hydrogen) atoms. The van der Waals surface area contributed by atoms with E-state index >= 15 is 0 Å². The van der Waals surface area contributed by atoms with Gasteiger partial charge in [-0.3, -0.25) is 9.79 Å². The zero-order valence-corrected chi connectivity index (χ0v) is 13.6. The number of nitrogens with zero attached hydrogens (tertiary/aromatic N) is 1. The first-order chi connectivity index (χ1) is 11.2. The number of nitrogens with one attached hydrogen (secondary N) is 2. The number of carbonyl (C=O) groups excluding carboxylic acids is 1. The average Bonchev–Trinajstić information content (AvgIpc) is 3.02. The Balaban J connectivity index is 1.79. The fraction of sp³-hybridized carbons (Fsp3) is 0.500. The molecule has 7 nitrogen and oxygen atoms in total. The van der Waals surface area contributed by atoms with Gasteiger partial charge in [0.2, 0.25) is 6.79 Å². The molecule has 0 aromatic heterocycles. The lowest BCUT2D eigenvalue weighted by Crippen LogP contribution is -2.38. The molecule has 1 aliphatic rings. The second-order valence-corrected chi connectivity index (χ2v) is 4.95. The SMILES string of the molecule is CCNC(=NCCC(=O)OC)NCCc1ccc2c(c1)OCO2. The Kier molecular flexibility index (Phi) is 6.53. The summed E-state index contributed by atoms with van der Waals surface area (Å²) in [6.45, 7) is 4.16. The van der Waals surface area contributed by atoms with Crippen molar-refractivity contribution in [3.05, 3.63) is 23.8 Å². The molecule has 0 aliphatic carbocycles. The lowest BCUT2D eigenvalue weighted by Gasteiger charge is -2.11. The molecule has 0 saturated heterocycles. The van der Waals surface area contributed by atoms with E-state index in [0.717, 1.165) is 36.6 Å². The predicted octanol–water partition coefficient (Wildman–Crippen LogP) is 1.08. The van der Waals surface area contributed by atoms with Gasteiger partial charge in [0.1, 0.15) is 0 Å². The highest BCUT2D eigenvalue weighted by molar-refractivity contribution is 5.80. The van der Waals surface area contributed by atoms with Crippen LogP contribution < -0.4 is 20.1 Å². The summed E-state index contributed by atoms with van der Waals surface area (Å²) in [5.41, 5.74) is 1.16. The standard InChI is InChI=1S/C16H23N3O4/c1-3-17-16(19-9-7-15(20)21-2)18-8-6-12-4-5-13-14(10-12)23-11-22-13/h4-5,10H,3,6-9,11H2,1-2H3,(H2,17,18,19). The molecule has 7 heteroatoms. The normalized spacial score (nSPS) is 12.9. The van der Waals surface area contributed by atoms with Crippen molar-refractivity contribution in [2.45, 2.75) is 19.8 Å². The van der Waals surface area contributed by atoms with Crippen LogP contribution in [0.1, 0.15) is 18.9 Å². The van der Waals surface area contributed by atoms with E-state index in [1.54, 1.807) is 0 Å². The zero-order chi connectivity index (χ0) is 16.5. The first kappa shape index (κ1) is 16.9. The van der Waals surface area contributed by atoms with Crippen LogP contribution in [0.4, 0.5) is 0 Å². The molecule has 0 unspecified atom stereocenters. The van der Waals surface area contributed by atoms with Crippen LogP contribution in [0, 0.1) is 0 Å². The van der Waals surface area contributed by atoms with Crippen LogP contribution in [0.2, 0.25) is 0 Å². The summed E-state index contributed by atoms with van der Waals surface area (Å²) >= 11 is 0. The summed E-state index contributed by atoms with van der Waals surface area (Å²) in [4.78, 5) is 15.4. The second kappa shape index (κ2) is 8.87. The Labute approximate surface area is 136 Å². The summed E-state index contributed by atoms with van der Waals surface area (Å²) in [5.74, 6) is 2.02. The molecule has 2 N–H and O–H groups in total. The van der Waals surface area contributed by atoms with Gasteiger partial charge < -0.3 is 24.8 Å². The maximum absolute atomic E-state index is 11.1. The van der Waals surface area contributed by atoms with E-state index in [-0.39, 0.29) is 19.2 Å². The molecule has 0 atom stereocenters. The minimum atomic E-state index is -0.259. The third kappa shape index (κ3) is 5.36. The van der Waals surface area contributed by atoms with Crippen molar-refractivity contribution in [1.29, 1.82) is 0 Å². The number of hydrogen-bond acceptors (Lipinski definition) is 5. The van der Waals surface area contributed by atoms with E-state index in [1.807, 2.05) is 25.1 Å². The number of esters is 1. The molecule has 0 fully saturated rings. The Morgan fingerprint density at radius 2 is 2.13 bits per heavy atom. The monoisotopic (exact) mass is 321 g/mol. The van der Waals surface area contributed by atoms with Gasteiger partial charge in [0.25, 0.3) is 0 Å². The number of fused-ring (bicyclic) bond motifs is 1. The molecular formula is C16H23N3O4. The van der Waals surface area contributed by atoms with Crippen LogP contribution in [-0.2, 0) is 16.0 Å². The molecule has 0 radical (unpaired) electrons. The molecule has 0 spiro atoms.